The zero-order valence-corrected chi connectivity index (χ0v) is 24.7. The molecule has 10 nitrogen and oxygen atoms in total. The normalized spacial score (nSPS) is 41.4. The second-order valence-corrected chi connectivity index (χ2v) is 12.1. The van der Waals surface area contributed by atoms with E-state index >= 15 is 0 Å². The van der Waals surface area contributed by atoms with E-state index in [4.69, 9.17) is 30.5 Å². The lowest BCUT2D eigenvalue weighted by atomic mass is 9.56. The van der Waals surface area contributed by atoms with Crippen molar-refractivity contribution in [2.45, 2.75) is 70.6 Å². The fourth-order valence-corrected chi connectivity index (χ4v) is 7.89. The van der Waals surface area contributed by atoms with Crippen LogP contribution < -0.4 is 0 Å². The van der Waals surface area contributed by atoms with Gasteiger partial charge in [-0.2, -0.15) is 0 Å². The Balaban J connectivity index is 1.62. The molecule has 5 rings (SSSR count). The molecule has 2 fully saturated rings. The van der Waals surface area contributed by atoms with E-state index in [2.05, 4.69) is 10.1 Å². The molecule has 0 amide bonds. The van der Waals surface area contributed by atoms with Gasteiger partial charge >= 0.3 is 11.9 Å². The summed E-state index contributed by atoms with van der Waals surface area (Å²) in [7, 11) is 1.54. The van der Waals surface area contributed by atoms with E-state index in [1.807, 2.05) is 45.9 Å². The van der Waals surface area contributed by atoms with Gasteiger partial charge in [-0.25, -0.2) is 4.79 Å². The van der Waals surface area contributed by atoms with E-state index < -0.39 is 65.6 Å². The number of nitrogens with zero attached hydrogens (tertiary/aromatic N) is 1. The number of aliphatic hydroxyl groups is 1. The van der Waals surface area contributed by atoms with Crippen LogP contribution in [0.15, 0.2) is 41.2 Å². The zero-order valence-electron chi connectivity index (χ0n) is 24.0. The molecule has 11 atom stereocenters. The molecule has 3 N–H and O–H groups in total. The molecule has 2 aliphatic heterocycles. The van der Waals surface area contributed by atoms with Crippen molar-refractivity contribution in [1.29, 1.82) is 0 Å². The third-order valence-corrected chi connectivity index (χ3v) is 9.74. The summed E-state index contributed by atoms with van der Waals surface area (Å²) in [6, 6.07) is 1.49. The number of hydrogen-bond acceptors (Lipinski definition) is 9. The van der Waals surface area contributed by atoms with Crippen LogP contribution in [0.1, 0.15) is 51.0 Å². The highest BCUT2D eigenvalue weighted by molar-refractivity contribution is 6.30. The standard InChI is InChI=1S/C30H39ClN2O8/c1-6-17-20-9-8-18-23-24(34)19(13-38-5)26(40-29(36)22-11-16(31)12-32-22)27(18)41-30(20,23)15(4)10-14(3)25(39-28(17)35)21(7-2)33-37/h8-12,14,17-20,23-27,32,34,37H,6-7,13H2,1-5H3/b15-10+,33-21?/t14-,17-,18-,19-,20-,23+,24-,25+,26-,27-,30+/m1/s1. The van der Waals surface area contributed by atoms with Gasteiger partial charge in [0.25, 0.3) is 0 Å². The van der Waals surface area contributed by atoms with Crippen LogP contribution >= 0.6 is 11.6 Å². The van der Waals surface area contributed by atoms with E-state index in [1.54, 1.807) is 7.11 Å². The average Bonchev–Trinajstić information content (AvgIpc) is 3.46. The first kappa shape index (κ1) is 29.8. The second kappa shape index (κ2) is 11.6. The van der Waals surface area contributed by atoms with Gasteiger partial charge in [0.2, 0.25) is 0 Å². The third kappa shape index (κ3) is 4.73. The molecule has 2 aliphatic carbocycles. The summed E-state index contributed by atoms with van der Waals surface area (Å²) in [6.45, 7) is 7.79. The largest absolute Gasteiger partial charge is 0.455 e. The predicted octanol–water partition coefficient (Wildman–Crippen LogP) is 4.16. The summed E-state index contributed by atoms with van der Waals surface area (Å²) in [5.74, 6) is -3.65. The molecule has 3 heterocycles. The Hall–Kier alpha value is -2.66. The molecule has 1 aromatic heterocycles. The van der Waals surface area contributed by atoms with E-state index in [-0.39, 0.29) is 24.1 Å². The lowest BCUT2D eigenvalue weighted by molar-refractivity contribution is -0.159. The van der Waals surface area contributed by atoms with Gasteiger partial charge in [-0.1, -0.05) is 55.8 Å². The smallest absolute Gasteiger partial charge is 0.355 e. The summed E-state index contributed by atoms with van der Waals surface area (Å²) >= 11 is 6.02. The summed E-state index contributed by atoms with van der Waals surface area (Å²) in [4.78, 5) is 29.7. The van der Waals surface area contributed by atoms with E-state index in [0.29, 0.717) is 23.6 Å². The van der Waals surface area contributed by atoms with Crippen LogP contribution in [0.5, 0.6) is 0 Å². The molecule has 4 aliphatic rings. The summed E-state index contributed by atoms with van der Waals surface area (Å²) in [5.41, 5.74) is 0.367. The van der Waals surface area contributed by atoms with Crippen LogP contribution in [0.2, 0.25) is 5.02 Å². The lowest BCUT2D eigenvalue weighted by Gasteiger charge is -2.49. The Morgan fingerprint density at radius 3 is 2.66 bits per heavy atom. The lowest BCUT2D eigenvalue weighted by Crippen LogP contribution is -2.59. The second-order valence-electron chi connectivity index (χ2n) is 11.6. The SMILES string of the molecule is CCC(=NO)[C@H]1OC(=O)[C@H](CC)[C@H]2C=C[C@H]3[C@H]4O[C@]2(/C(C)=C/[C@H]1C)[C@@H]3[C@H](O)[C@@H](COC)[C@H]4OC(=O)c1cc(Cl)c[nH]1. The van der Waals surface area contributed by atoms with Gasteiger partial charge in [-0.3, -0.25) is 4.79 Å². The molecule has 0 unspecified atom stereocenters. The van der Waals surface area contributed by atoms with E-state index in [9.17, 15) is 19.9 Å². The first-order chi connectivity index (χ1) is 19.6. The van der Waals surface area contributed by atoms with Gasteiger partial charge in [-0.15, -0.1) is 0 Å². The number of esters is 2. The molecule has 1 saturated heterocycles. The molecule has 11 heteroatoms. The number of carbonyl (C=O) groups excluding carboxylic acids is 2. The number of hydrogen-bond donors (Lipinski definition) is 3. The monoisotopic (exact) mass is 590 g/mol. The van der Waals surface area contributed by atoms with Crippen molar-refractivity contribution in [2.24, 2.45) is 40.7 Å². The molecule has 1 saturated carbocycles. The van der Waals surface area contributed by atoms with Crippen molar-refractivity contribution in [3.8, 4) is 0 Å². The number of halogens is 1. The van der Waals surface area contributed by atoms with Crippen LogP contribution in [0.4, 0.5) is 0 Å². The highest BCUT2D eigenvalue weighted by Gasteiger charge is 2.70. The maximum absolute atomic E-state index is 13.7. The minimum Gasteiger partial charge on any atom is -0.455 e. The molecule has 1 spiro atoms. The number of carbonyl (C=O) groups is 2. The number of nitrogens with one attached hydrogen (secondary N) is 1. The van der Waals surface area contributed by atoms with Gasteiger partial charge in [0.05, 0.1) is 29.4 Å². The van der Waals surface area contributed by atoms with Crippen molar-refractivity contribution in [1.82, 2.24) is 4.98 Å². The van der Waals surface area contributed by atoms with Crippen LogP contribution in [-0.4, -0.2) is 76.7 Å². The number of H-pyrrole nitrogens is 1. The van der Waals surface area contributed by atoms with Gasteiger partial charge in [0.1, 0.15) is 29.6 Å². The summed E-state index contributed by atoms with van der Waals surface area (Å²) < 4.78 is 24.6. The van der Waals surface area contributed by atoms with Gasteiger partial charge < -0.3 is 34.2 Å². The van der Waals surface area contributed by atoms with Crippen molar-refractivity contribution >= 4 is 29.3 Å². The Labute approximate surface area is 244 Å². The topological polar surface area (TPSA) is 140 Å². The average molecular weight is 591 g/mol. The summed E-state index contributed by atoms with van der Waals surface area (Å²) in [5, 5.41) is 25.5. The van der Waals surface area contributed by atoms with Crippen LogP contribution in [0.25, 0.3) is 0 Å². The fourth-order valence-electron chi connectivity index (χ4n) is 7.73. The number of ether oxygens (including phenoxy) is 4. The molecular formula is C30H39ClN2O8. The molecule has 4 bridgehead atoms. The first-order valence-corrected chi connectivity index (χ1v) is 14.7. The number of aromatic amines is 1. The first-order valence-electron chi connectivity index (χ1n) is 14.3. The quantitative estimate of drug-likeness (QED) is 0.141. The van der Waals surface area contributed by atoms with Crippen molar-refractivity contribution in [3.63, 3.8) is 0 Å². The van der Waals surface area contributed by atoms with Crippen molar-refractivity contribution < 1.29 is 38.9 Å². The number of rotatable bonds is 7. The van der Waals surface area contributed by atoms with Gasteiger partial charge in [0.15, 0.2) is 0 Å². The number of aromatic nitrogens is 1. The number of cyclic esters (lactones) is 1. The minimum absolute atomic E-state index is 0.144. The number of methoxy groups -OCH3 is 1. The predicted molar refractivity (Wildman–Crippen MR) is 150 cm³/mol. The van der Waals surface area contributed by atoms with Crippen LogP contribution in [-0.2, 0) is 23.7 Å². The Kier molecular flexibility index (Phi) is 8.40. The van der Waals surface area contributed by atoms with Crippen LogP contribution in [0.3, 0.4) is 0 Å². The zero-order chi connectivity index (χ0) is 29.6. The molecular weight excluding hydrogens is 552 g/mol. The van der Waals surface area contributed by atoms with E-state index in [0.717, 1.165) is 5.57 Å². The Morgan fingerprint density at radius 1 is 1.29 bits per heavy atom. The maximum Gasteiger partial charge on any atom is 0.355 e. The highest BCUT2D eigenvalue weighted by Crippen LogP contribution is 2.62. The molecule has 1 aromatic rings. The fraction of sp³-hybridized carbons (Fsp3) is 0.633. The van der Waals surface area contributed by atoms with Gasteiger partial charge in [-0.05, 0) is 31.4 Å². The third-order valence-electron chi connectivity index (χ3n) is 9.52. The van der Waals surface area contributed by atoms with Crippen LogP contribution in [0, 0.1) is 35.5 Å². The molecule has 224 valence electrons. The Bertz CT molecular complexity index is 1260. The highest BCUT2D eigenvalue weighted by atomic mass is 35.5. The molecule has 0 radical (unpaired) electrons. The number of aliphatic hydroxyl groups excluding tert-OH is 1. The minimum atomic E-state index is -1.06. The maximum atomic E-state index is 13.7. The summed E-state index contributed by atoms with van der Waals surface area (Å²) in [6.07, 6.45) is 5.26. The molecule has 0 aromatic carbocycles. The van der Waals surface area contributed by atoms with E-state index in [1.165, 1.54) is 12.3 Å². The number of oxime groups is 1. The molecule has 41 heavy (non-hydrogen) atoms. The van der Waals surface area contributed by atoms with Crippen molar-refractivity contribution in [3.05, 3.63) is 46.8 Å². The van der Waals surface area contributed by atoms with Gasteiger partial charge in [0, 0.05) is 42.9 Å². The van der Waals surface area contributed by atoms with Crippen molar-refractivity contribution in [2.75, 3.05) is 13.7 Å². The Morgan fingerprint density at radius 2 is 2.05 bits per heavy atom.